The molecule has 0 saturated heterocycles. The molecule has 0 aliphatic rings. The fraction of sp³-hybridized carbons (Fsp3) is 0.167. The number of nitrogens with zero attached hydrogens (tertiary/aromatic N) is 3. The summed E-state index contributed by atoms with van der Waals surface area (Å²) in [6, 6.07) is 18.7. The maximum Gasteiger partial charge on any atom is 0.163 e. The van der Waals surface area contributed by atoms with Crippen LogP contribution in [0.5, 0.6) is 0 Å². The number of hydrogen-bond donors (Lipinski definition) is 1. The van der Waals surface area contributed by atoms with E-state index in [2.05, 4.69) is 59.6 Å². The first kappa shape index (κ1) is 14.0. The summed E-state index contributed by atoms with van der Waals surface area (Å²) >= 11 is 0. The Morgan fingerprint density at radius 3 is 2.00 bits per heavy atom. The molecule has 0 atom stereocenters. The number of nitrogens with one attached hydrogen (secondary N) is 1. The van der Waals surface area contributed by atoms with Gasteiger partial charge in [0.25, 0.3) is 0 Å². The molecule has 0 saturated carbocycles. The fourth-order valence-corrected chi connectivity index (χ4v) is 2.39. The van der Waals surface area contributed by atoms with Crippen LogP contribution in [-0.2, 0) is 0 Å². The summed E-state index contributed by atoms with van der Waals surface area (Å²) in [4.78, 5) is 0. The fourth-order valence-electron chi connectivity index (χ4n) is 2.39. The van der Waals surface area contributed by atoms with Gasteiger partial charge in [0.1, 0.15) is 11.8 Å². The molecule has 0 amide bonds. The van der Waals surface area contributed by atoms with Crippen molar-refractivity contribution in [2.24, 2.45) is 0 Å². The maximum atomic E-state index is 9.01. The molecule has 1 heterocycles. The first-order valence-corrected chi connectivity index (χ1v) is 7.21. The van der Waals surface area contributed by atoms with E-state index in [1.807, 2.05) is 24.3 Å². The van der Waals surface area contributed by atoms with Gasteiger partial charge in [0.2, 0.25) is 0 Å². The maximum absolute atomic E-state index is 9.01. The van der Waals surface area contributed by atoms with Crippen molar-refractivity contribution in [3.05, 3.63) is 59.8 Å². The highest BCUT2D eigenvalue weighted by Gasteiger charge is 2.09. The van der Waals surface area contributed by atoms with Crippen molar-refractivity contribution < 1.29 is 0 Å². The van der Waals surface area contributed by atoms with Crippen molar-refractivity contribution >= 4 is 0 Å². The average molecular weight is 288 g/mol. The van der Waals surface area contributed by atoms with Crippen molar-refractivity contribution in [3.8, 4) is 28.5 Å². The molecule has 22 heavy (non-hydrogen) atoms. The molecular weight excluding hydrogens is 272 g/mol. The highest BCUT2D eigenvalue weighted by atomic mass is 15.3. The zero-order chi connectivity index (χ0) is 15.5. The minimum Gasteiger partial charge on any atom is -0.247 e. The van der Waals surface area contributed by atoms with Gasteiger partial charge in [0.15, 0.2) is 5.69 Å². The number of nitriles is 1. The number of benzene rings is 2. The van der Waals surface area contributed by atoms with E-state index in [-0.39, 0.29) is 0 Å². The van der Waals surface area contributed by atoms with Gasteiger partial charge in [0, 0.05) is 5.56 Å². The van der Waals surface area contributed by atoms with E-state index < -0.39 is 0 Å². The number of rotatable bonds is 3. The van der Waals surface area contributed by atoms with Crippen LogP contribution < -0.4 is 0 Å². The molecule has 2 aromatic carbocycles. The molecule has 0 bridgehead atoms. The molecule has 3 aromatic rings. The Labute approximate surface area is 129 Å². The van der Waals surface area contributed by atoms with E-state index in [4.69, 9.17) is 5.26 Å². The normalized spacial score (nSPS) is 10.6. The third-order valence-corrected chi connectivity index (χ3v) is 3.73. The van der Waals surface area contributed by atoms with Crippen LogP contribution in [0.3, 0.4) is 0 Å². The lowest BCUT2D eigenvalue weighted by Crippen LogP contribution is -1.87. The van der Waals surface area contributed by atoms with E-state index in [9.17, 15) is 0 Å². The van der Waals surface area contributed by atoms with Crippen molar-refractivity contribution in [1.82, 2.24) is 15.4 Å². The molecule has 0 aliphatic carbocycles. The molecule has 1 aromatic heterocycles. The van der Waals surface area contributed by atoms with Crippen LogP contribution >= 0.6 is 0 Å². The Hall–Kier alpha value is -2.93. The van der Waals surface area contributed by atoms with E-state index >= 15 is 0 Å². The summed E-state index contributed by atoms with van der Waals surface area (Å²) in [5, 5.41) is 19.2. The van der Waals surface area contributed by atoms with Crippen LogP contribution in [-0.4, -0.2) is 15.4 Å². The Kier molecular flexibility index (Phi) is 3.71. The molecule has 0 unspecified atom stereocenters. The molecule has 3 rings (SSSR count). The molecule has 0 aliphatic heterocycles. The highest BCUT2D eigenvalue weighted by Crippen LogP contribution is 2.26. The van der Waals surface area contributed by atoms with Gasteiger partial charge in [-0.25, -0.2) is 5.10 Å². The smallest absolute Gasteiger partial charge is 0.163 e. The number of aromatic nitrogens is 3. The second-order valence-electron chi connectivity index (χ2n) is 5.50. The highest BCUT2D eigenvalue weighted by molar-refractivity contribution is 5.70. The van der Waals surface area contributed by atoms with Crippen molar-refractivity contribution in [2.45, 2.75) is 19.8 Å². The molecule has 4 nitrogen and oxygen atoms in total. The zero-order valence-electron chi connectivity index (χ0n) is 12.5. The molecule has 108 valence electrons. The Morgan fingerprint density at radius 1 is 0.909 bits per heavy atom. The third kappa shape index (κ3) is 2.61. The standard InChI is InChI=1S/C18H16N4/c1-12(2)13-3-5-14(6-4-13)15-7-9-16(10-8-15)18-17(11-19)20-22-21-18/h3-10,12H,1-2H3,(H,20,21,22). The summed E-state index contributed by atoms with van der Waals surface area (Å²) in [5.74, 6) is 0.535. The predicted octanol–water partition coefficient (Wildman–Crippen LogP) is 4.13. The third-order valence-electron chi connectivity index (χ3n) is 3.73. The van der Waals surface area contributed by atoms with E-state index in [0.29, 0.717) is 17.3 Å². The lowest BCUT2D eigenvalue weighted by Gasteiger charge is -2.07. The SMILES string of the molecule is CC(C)c1ccc(-c2ccc(-c3nn[nH]c3C#N)cc2)cc1. The topological polar surface area (TPSA) is 65.4 Å². The van der Waals surface area contributed by atoms with Crippen LogP contribution in [0.25, 0.3) is 22.4 Å². The van der Waals surface area contributed by atoms with Gasteiger partial charge in [-0.1, -0.05) is 67.6 Å². The van der Waals surface area contributed by atoms with Gasteiger partial charge < -0.3 is 0 Å². The summed E-state index contributed by atoms with van der Waals surface area (Å²) < 4.78 is 0. The molecule has 1 N–H and O–H groups in total. The minimum atomic E-state index is 0.383. The minimum absolute atomic E-state index is 0.383. The van der Waals surface area contributed by atoms with Crippen molar-refractivity contribution in [3.63, 3.8) is 0 Å². The summed E-state index contributed by atoms with van der Waals surface area (Å²) in [6.45, 7) is 4.38. The number of H-pyrrole nitrogens is 1. The molecule has 0 radical (unpaired) electrons. The first-order chi connectivity index (χ1) is 10.7. The second-order valence-corrected chi connectivity index (χ2v) is 5.50. The van der Waals surface area contributed by atoms with Gasteiger partial charge in [-0.15, -0.1) is 5.10 Å². The number of hydrogen-bond acceptors (Lipinski definition) is 3. The predicted molar refractivity (Wildman–Crippen MR) is 86.1 cm³/mol. The van der Waals surface area contributed by atoms with E-state index in [1.165, 1.54) is 11.1 Å². The monoisotopic (exact) mass is 288 g/mol. The van der Waals surface area contributed by atoms with Gasteiger partial charge in [-0.05, 0) is 22.6 Å². The summed E-state index contributed by atoms with van der Waals surface area (Å²) in [5.41, 5.74) is 5.50. The quantitative estimate of drug-likeness (QED) is 0.788. The van der Waals surface area contributed by atoms with Gasteiger partial charge in [0.05, 0.1) is 0 Å². The van der Waals surface area contributed by atoms with Gasteiger partial charge in [-0.3, -0.25) is 0 Å². The van der Waals surface area contributed by atoms with Crippen LogP contribution in [0.15, 0.2) is 48.5 Å². The lowest BCUT2D eigenvalue weighted by molar-refractivity contribution is 0.867. The van der Waals surface area contributed by atoms with Crippen molar-refractivity contribution in [2.75, 3.05) is 0 Å². The van der Waals surface area contributed by atoms with Gasteiger partial charge in [-0.2, -0.15) is 5.26 Å². The molecule has 0 fully saturated rings. The average Bonchev–Trinajstić information content (AvgIpc) is 3.04. The number of aromatic amines is 1. The molecule has 0 spiro atoms. The first-order valence-electron chi connectivity index (χ1n) is 7.21. The van der Waals surface area contributed by atoms with Crippen LogP contribution in [0.4, 0.5) is 0 Å². The summed E-state index contributed by atoms with van der Waals surface area (Å²) in [6.07, 6.45) is 0. The Balaban J connectivity index is 1.90. The van der Waals surface area contributed by atoms with Crippen LogP contribution in [0.1, 0.15) is 31.0 Å². The zero-order valence-corrected chi connectivity index (χ0v) is 12.5. The van der Waals surface area contributed by atoms with Crippen molar-refractivity contribution in [1.29, 1.82) is 5.26 Å². The lowest BCUT2D eigenvalue weighted by atomic mass is 9.98. The Bertz CT molecular complexity index is 806. The van der Waals surface area contributed by atoms with E-state index in [1.54, 1.807) is 0 Å². The largest absolute Gasteiger partial charge is 0.247 e. The molecular formula is C18H16N4. The van der Waals surface area contributed by atoms with Gasteiger partial charge >= 0.3 is 0 Å². The van der Waals surface area contributed by atoms with Crippen LogP contribution in [0.2, 0.25) is 0 Å². The van der Waals surface area contributed by atoms with E-state index in [0.717, 1.165) is 11.1 Å². The molecule has 4 heteroatoms. The van der Waals surface area contributed by atoms with Crippen LogP contribution in [0, 0.1) is 11.3 Å². The second kappa shape index (κ2) is 5.82. The Morgan fingerprint density at radius 2 is 1.45 bits per heavy atom. The summed E-state index contributed by atoms with van der Waals surface area (Å²) in [7, 11) is 0.